The number of halogens is 1. The van der Waals surface area contributed by atoms with E-state index < -0.39 is 0 Å². The molecule has 24 valence electrons. The molecule has 0 saturated heterocycles. The van der Waals surface area contributed by atoms with E-state index in [1.165, 1.54) is 0 Å². The molecule has 0 radical (unpaired) electrons. The SMILES string of the molecule is [N-]=[N+]=NBr.[NaH]. The predicted molar refractivity (Wildman–Crippen MR) is 25.2 cm³/mol. The van der Waals surface area contributed by atoms with Crippen molar-refractivity contribution >= 4 is 45.7 Å². The second kappa shape index (κ2) is 8.84. The zero-order valence-electron chi connectivity index (χ0n) is 1.72. The van der Waals surface area contributed by atoms with Crippen LogP contribution in [0.2, 0.25) is 0 Å². The summed E-state index contributed by atoms with van der Waals surface area (Å²) < 4.78 is 2.73. The van der Waals surface area contributed by atoms with E-state index in [2.05, 4.69) is 25.2 Å². The number of hydrogen-bond donors (Lipinski definition) is 0. The molecule has 0 heterocycles. The third-order valence-corrected chi connectivity index (χ3v) is 0.176. The van der Waals surface area contributed by atoms with Crippen LogP contribution in [0, 0.1) is 0 Å². The summed E-state index contributed by atoms with van der Waals surface area (Å²) in [6.07, 6.45) is 0. The summed E-state index contributed by atoms with van der Waals surface area (Å²) in [7, 11) is 0. The third-order valence-electron chi connectivity index (χ3n) is 0.0338. The van der Waals surface area contributed by atoms with E-state index in [4.69, 9.17) is 5.53 Å². The van der Waals surface area contributed by atoms with Gasteiger partial charge >= 0.3 is 29.6 Å². The molecule has 0 aromatic heterocycles. The number of rotatable bonds is 0. The van der Waals surface area contributed by atoms with E-state index >= 15 is 0 Å². The van der Waals surface area contributed by atoms with Crippen LogP contribution in [0.1, 0.15) is 0 Å². The van der Waals surface area contributed by atoms with Crippen molar-refractivity contribution in [3.63, 3.8) is 0 Å². The summed E-state index contributed by atoms with van der Waals surface area (Å²) in [5.74, 6) is 0. The van der Waals surface area contributed by atoms with Crippen molar-refractivity contribution in [1.82, 2.24) is 0 Å². The molecule has 0 bridgehead atoms. The van der Waals surface area contributed by atoms with E-state index in [1.54, 1.807) is 0 Å². The fourth-order valence-electron chi connectivity index (χ4n) is 0. The molecule has 0 unspecified atom stereocenters. The van der Waals surface area contributed by atoms with E-state index in [1.807, 2.05) is 0 Å². The van der Waals surface area contributed by atoms with Gasteiger partial charge in [-0.2, -0.15) is 0 Å². The quantitative estimate of drug-likeness (QED) is 0.211. The van der Waals surface area contributed by atoms with Crippen LogP contribution in [0.3, 0.4) is 0 Å². The molecular formula is HBrN3Na. The summed E-state index contributed by atoms with van der Waals surface area (Å²) in [5.41, 5.74) is 7.29. The van der Waals surface area contributed by atoms with Gasteiger partial charge in [0, 0.05) is 21.1 Å². The maximum absolute atomic E-state index is 7.29. The normalized spacial score (nSPS) is 3.40. The van der Waals surface area contributed by atoms with Crippen LogP contribution in [-0.2, 0) is 0 Å². The minimum absolute atomic E-state index is 0. The number of nitrogens with zero attached hydrogens (tertiary/aromatic N) is 3. The summed E-state index contributed by atoms with van der Waals surface area (Å²) in [6, 6.07) is 0. The molecule has 3 nitrogen and oxygen atoms in total. The first-order valence-corrected chi connectivity index (χ1v) is 1.28. The number of hydrogen-bond acceptors (Lipinski definition) is 1. The molecule has 0 atom stereocenters. The van der Waals surface area contributed by atoms with Gasteiger partial charge in [-0.25, -0.2) is 0 Å². The first-order chi connectivity index (χ1) is 1.91. The Bertz CT molecular complexity index is 44.9. The monoisotopic (exact) mass is 145 g/mol. The first kappa shape index (κ1) is 9.25. The second-order valence-electron chi connectivity index (χ2n) is 0.165. The van der Waals surface area contributed by atoms with Gasteiger partial charge in [-0.15, -0.1) is 0 Å². The molecule has 5 heavy (non-hydrogen) atoms. The fraction of sp³-hybridized carbons (Fsp3) is 0. The van der Waals surface area contributed by atoms with Crippen molar-refractivity contribution in [2.75, 3.05) is 0 Å². The Morgan fingerprint density at radius 2 is 2.00 bits per heavy atom. The van der Waals surface area contributed by atoms with Gasteiger partial charge in [0.25, 0.3) is 0 Å². The minimum atomic E-state index is 0. The fourth-order valence-corrected chi connectivity index (χ4v) is 0. The summed E-state index contributed by atoms with van der Waals surface area (Å²) in [5, 5.41) is 0. The predicted octanol–water partition coefficient (Wildman–Crippen LogP) is 0.958. The molecule has 0 rings (SSSR count). The van der Waals surface area contributed by atoms with Crippen LogP contribution in [0.15, 0.2) is 4.14 Å². The van der Waals surface area contributed by atoms with Crippen LogP contribution < -0.4 is 0 Å². The Balaban J connectivity index is 0. The molecule has 0 fully saturated rings. The van der Waals surface area contributed by atoms with Gasteiger partial charge in [0.15, 0.2) is 0 Å². The molecule has 0 saturated carbocycles. The van der Waals surface area contributed by atoms with Crippen LogP contribution in [-0.4, -0.2) is 29.6 Å². The Morgan fingerprint density at radius 1 is 1.80 bits per heavy atom. The Morgan fingerprint density at radius 3 is 2.00 bits per heavy atom. The number of azide groups is 1. The maximum atomic E-state index is 7.29. The Labute approximate surface area is 60.0 Å². The van der Waals surface area contributed by atoms with Crippen LogP contribution in [0.25, 0.3) is 10.4 Å². The topological polar surface area (TPSA) is 48.8 Å². The van der Waals surface area contributed by atoms with Gasteiger partial charge in [0.2, 0.25) is 0 Å². The van der Waals surface area contributed by atoms with Crippen molar-refractivity contribution in [3.8, 4) is 0 Å². The molecule has 0 aromatic rings. The summed E-state index contributed by atoms with van der Waals surface area (Å²) >= 11 is 2.46. The zero-order chi connectivity index (χ0) is 3.41. The Hall–Kier alpha value is 0.790. The molecule has 0 amide bonds. The van der Waals surface area contributed by atoms with Crippen LogP contribution >= 0.6 is 16.1 Å². The molecule has 0 N–H and O–H groups in total. The average Bonchev–Trinajstić information content (AvgIpc) is 1.37. The first-order valence-electron chi connectivity index (χ1n) is 0.569. The molecule has 5 heteroatoms. The van der Waals surface area contributed by atoms with E-state index in [0.29, 0.717) is 0 Å². The van der Waals surface area contributed by atoms with Crippen molar-refractivity contribution in [2.24, 2.45) is 4.14 Å². The average molecular weight is 146 g/mol. The van der Waals surface area contributed by atoms with Crippen molar-refractivity contribution in [1.29, 1.82) is 0 Å². The van der Waals surface area contributed by atoms with Gasteiger partial charge in [0.1, 0.15) is 0 Å². The van der Waals surface area contributed by atoms with Crippen LogP contribution in [0.4, 0.5) is 0 Å². The second-order valence-corrected chi connectivity index (χ2v) is 0.482. The molecular weight excluding hydrogens is 145 g/mol. The van der Waals surface area contributed by atoms with Gasteiger partial charge in [-0.3, -0.25) is 0 Å². The molecule has 0 spiro atoms. The van der Waals surface area contributed by atoms with E-state index in [-0.39, 0.29) is 29.6 Å². The van der Waals surface area contributed by atoms with Crippen molar-refractivity contribution in [3.05, 3.63) is 10.4 Å². The van der Waals surface area contributed by atoms with Crippen LogP contribution in [0.5, 0.6) is 0 Å². The van der Waals surface area contributed by atoms with Gasteiger partial charge in [0.05, 0.1) is 0 Å². The molecule has 0 aliphatic carbocycles. The van der Waals surface area contributed by atoms with E-state index in [9.17, 15) is 0 Å². The van der Waals surface area contributed by atoms with Gasteiger partial charge < -0.3 is 0 Å². The molecule has 0 aromatic carbocycles. The van der Waals surface area contributed by atoms with Gasteiger partial charge in [-0.05, 0) is 9.67 Å². The summed E-state index contributed by atoms with van der Waals surface area (Å²) in [6.45, 7) is 0. The van der Waals surface area contributed by atoms with E-state index in [0.717, 1.165) is 0 Å². The van der Waals surface area contributed by atoms with Crippen molar-refractivity contribution in [2.45, 2.75) is 0 Å². The standard InChI is InChI=1S/BrN3.Na.H/c1-3-4-2;;. The van der Waals surface area contributed by atoms with Gasteiger partial charge in [-0.1, -0.05) is 0 Å². The molecule has 0 aliphatic heterocycles. The summed E-state index contributed by atoms with van der Waals surface area (Å²) in [4.78, 5) is 2.28. The van der Waals surface area contributed by atoms with Crippen molar-refractivity contribution < 1.29 is 0 Å². The molecule has 0 aliphatic rings. The Kier molecular flexibility index (Phi) is 16.3. The third kappa shape index (κ3) is 11.6. The zero-order valence-corrected chi connectivity index (χ0v) is 3.31.